The molecule has 1 amide bonds. The van der Waals surface area contributed by atoms with Crippen molar-refractivity contribution in [2.75, 3.05) is 0 Å². The second kappa shape index (κ2) is 6.60. The molecule has 118 valence electrons. The molecule has 0 saturated carbocycles. The van der Waals surface area contributed by atoms with Gasteiger partial charge >= 0.3 is 0 Å². The monoisotopic (exact) mass is 308 g/mol. The first kappa shape index (κ1) is 15.2. The minimum Gasteiger partial charge on any atom is -0.341 e. The van der Waals surface area contributed by atoms with Gasteiger partial charge in [0.15, 0.2) is 0 Å². The third-order valence-electron chi connectivity index (χ3n) is 3.65. The van der Waals surface area contributed by atoms with Crippen LogP contribution >= 0.6 is 0 Å². The number of imidazole rings is 1. The van der Waals surface area contributed by atoms with Gasteiger partial charge in [0, 0.05) is 6.20 Å². The highest BCUT2D eigenvalue weighted by Gasteiger charge is 2.20. The number of aromatic amines is 1. The lowest BCUT2D eigenvalue weighted by Gasteiger charge is -2.18. The maximum Gasteiger partial charge on any atom is 0.270 e. The van der Waals surface area contributed by atoms with Gasteiger partial charge in [-0.3, -0.25) is 9.78 Å². The van der Waals surface area contributed by atoms with Crippen LogP contribution in [-0.4, -0.2) is 20.9 Å². The molecule has 0 radical (unpaired) electrons. The van der Waals surface area contributed by atoms with Crippen LogP contribution in [0.15, 0.2) is 48.7 Å². The number of amides is 1. The molecule has 3 aromatic rings. The minimum absolute atomic E-state index is 0.170. The highest BCUT2D eigenvalue weighted by Crippen LogP contribution is 2.22. The van der Waals surface area contributed by atoms with Crippen LogP contribution in [0.3, 0.4) is 0 Å². The first-order chi connectivity index (χ1) is 11.1. The molecule has 0 bridgehead atoms. The molecule has 23 heavy (non-hydrogen) atoms. The number of pyridine rings is 1. The van der Waals surface area contributed by atoms with Gasteiger partial charge in [-0.05, 0) is 36.6 Å². The van der Waals surface area contributed by atoms with Crippen molar-refractivity contribution in [3.8, 4) is 0 Å². The van der Waals surface area contributed by atoms with E-state index in [9.17, 15) is 4.79 Å². The van der Waals surface area contributed by atoms with Crippen LogP contribution in [0.1, 0.15) is 42.6 Å². The lowest BCUT2D eigenvalue weighted by Crippen LogP contribution is -2.30. The fraction of sp³-hybridized carbons (Fsp3) is 0.278. The zero-order chi connectivity index (χ0) is 16.2. The second-order valence-corrected chi connectivity index (χ2v) is 6.01. The van der Waals surface area contributed by atoms with Gasteiger partial charge in [-0.1, -0.05) is 32.0 Å². The molecule has 2 aromatic heterocycles. The fourth-order valence-corrected chi connectivity index (χ4v) is 2.58. The summed E-state index contributed by atoms with van der Waals surface area (Å²) in [5, 5.41) is 3.05. The number of rotatable bonds is 5. The summed E-state index contributed by atoms with van der Waals surface area (Å²) in [6, 6.07) is 13.0. The number of fused-ring (bicyclic) bond motifs is 1. The molecule has 0 spiro atoms. The van der Waals surface area contributed by atoms with Crippen molar-refractivity contribution in [2.45, 2.75) is 26.3 Å². The summed E-state index contributed by atoms with van der Waals surface area (Å²) < 4.78 is 0. The van der Waals surface area contributed by atoms with E-state index >= 15 is 0 Å². The van der Waals surface area contributed by atoms with Gasteiger partial charge in [0.1, 0.15) is 11.5 Å². The molecular weight excluding hydrogens is 288 g/mol. The van der Waals surface area contributed by atoms with Crippen LogP contribution < -0.4 is 5.32 Å². The van der Waals surface area contributed by atoms with E-state index in [0.717, 1.165) is 23.3 Å². The third kappa shape index (κ3) is 3.56. The summed E-state index contributed by atoms with van der Waals surface area (Å²) in [6.07, 6.45) is 2.42. The Morgan fingerprint density at radius 1 is 1.17 bits per heavy atom. The Bertz CT molecular complexity index is 762. The average Bonchev–Trinajstić information content (AvgIpc) is 2.98. The molecule has 0 aliphatic heterocycles. The Labute approximate surface area is 135 Å². The maximum absolute atomic E-state index is 12.4. The molecule has 2 heterocycles. The summed E-state index contributed by atoms with van der Waals surface area (Å²) in [4.78, 5) is 24.4. The van der Waals surface area contributed by atoms with Gasteiger partial charge < -0.3 is 10.3 Å². The molecule has 3 rings (SSSR count). The Kier molecular flexibility index (Phi) is 4.37. The summed E-state index contributed by atoms with van der Waals surface area (Å²) in [5.74, 6) is 1.03. The normalized spacial score (nSPS) is 12.5. The SMILES string of the molecule is CC(C)C[C@@H](NC(=O)c1ccccn1)c1nc2ccccc2[nH]1. The predicted molar refractivity (Wildman–Crippen MR) is 90.0 cm³/mol. The number of hydrogen-bond donors (Lipinski definition) is 2. The van der Waals surface area contributed by atoms with Gasteiger partial charge in [0.2, 0.25) is 0 Å². The zero-order valence-electron chi connectivity index (χ0n) is 13.3. The van der Waals surface area contributed by atoms with Gasteiger partial charge in [0.25, 0.3) is 5.91 Å². The number of H-pyrrole nitrogens is 1. The number of benzene rings is 1. The van der Waals surface area contributed by atoms with E-state index in [1.807, 2.05) is 24.3 Å². The third-order valence-corrected chi connectivity index (χ3v) is 3.65. The molecule has 2 N–H and O–H groups in total. The zero-order valence-corrected chi connectivity index (χ0v) is 13.3. The van der Waals surface area contributed by atoms with Crippen molar-refractivity contribution in [1.82, 2.24) is 20.3 Å². The van der Waals surface area contributed by atoms with E-state index in [4.69, 9.17) is 0 Å². The molecular formula is C18H20N4O. The Morgan fingerprint density at radius 3 is 2.65 bits per heavy atom. The van der Waals surface area contributed by atoms with Crippen LogP contribution in [0, 0.1) is 5.92 Å². The first-order valence-electron chi connectivity index (χ1n) is 7.80. The van der Waals surface area contributed by atoms with Crippen molar-refractivity contribution in [2.24, 2.45) is 5.92 Å². The highest BCUT2D eigenvalue weighted by atomic mass is 16.1. The Morgan fingerprint density at radius 2 is 1.96 bits per heavy atom. The fourth-order valence-electron chi connectivity index (χ4n) is 2.58. The number of aromatic nitrogens is 3. The number of carbonyl (C=O) groups excluding carboxylic acids is 1. The quantitative estimate of drug-likeness (QED) is 0.758. The van der Waals surface area contributed by atoms with Gasteiger partial charge in [0.05, 0.1) is 17.1 Å². The summed E-state index contributed by atoms with van der Waals surface area (Å²) in [5.41, 5.74) is 2.30. The molecule has 0 fully saturated rings. The van der Waals surface area contributed by atoms with Crippen LogP contribution in [-0.2, 0) is 0 Å². The summed E-state index contributed by atoms with van der Waals surface area (Å²) in [6.45, 7) is 4.26. The van der Waals surface area contributed by atoms with Crippen molar-refractivity contribution in [3.05, 3.63) is 60.2 Å². The number of para-hydroxylation sites is 2. The Balaban J connectivity index is 1.87. The molecule has 0 saturated heterocycles. The van der Waals surface area contributed by atoms with Crippen LogP contribution in [0.2, 0.25) is 0 Å². The molecule has 1 aromatic carbocycles. The Hall–Kier alpha value is -2.69. The van der Waals surface area contributed by atoms with E-state index in [1.54, 1.807) is 24.4 Å². The van der Waals surface area contributed by atoms with Crippen molar-refractivity contribution in [3.63, 3.8) is 0 Å². The van der Waals surface area contributed by atoms with Crippen LogP contribution in [0.25, 0.3) is 11.0 Å². The average molecular weight is 308 g/mol. The number of nitrogens with zero attached hydrogens (tertiary/aromatic N) is 2. The van der Waals surface area contributed by atoms with Crippen LogP contribution in [0.4, 0.5) is 0 Å². The molecule has 1 atom stereocenters. The van der Waals surface area contributed by atoms with E-state index in [-0.39, 0.29) is 11.9 Å². The highest BCUT2D eigenvalue weighted by molar-refractivity contribution is 5.92. The molecule has 0 unspecified atom stereocenters. The largest absolute Gasteiger partial charge is 0.341 e. The summed E-state index contributed by atoms with van der Waals surface area (Å²) in [7, 11) is 0. The number of hydrogen-bond acceptors (Lipinski definition) is 3. The molecule has 0 aliphatic rings. The standard InChI is InChI=1S/C18H20N4O/c1-12(2)11-16(22-18(23)15-9-5-6-10-19-15)17-20-13-7-3-4-8-14(13)21-17/h3-10,12,16H,11H2,1-2H3,(H,20,21)(H,22,23)/t16-/m1/s1. The van der Waals surface area contributed by atoms with E-state index in [0.29, 0.717) is 11.6 Å². The van der Waals surface area contributed by atoms with Crippen molar-refractivity contribution in [1.29, 1.82) is 0 Å². The van der Waals surface area contributed by atoms with Crippen LogP contribution in [0.5, 0.6) is 0 Å². The number of carbonyl (C=O) groups is 1. The minimum atomic E-state index is -0.184. The van der Waals surface area contributed by atoms with Crippen molar-refractivity contribution >= 4 is 16.9 Å². The first-order valence-corrected chi connectivity index (χ1v) is 7.80. The predicted octanol–water partition coefficient (Wildman–Crippen LogP) is 3.48. The molecule has 0 aliphatic carbocycles. The van der Waals surface area contributed by atoms with Gasteiger partial charge in [-0.15, -0.1) is 0 Å². The number of nitrogens with one attached hydrogen (secondary N) is 2. The smallest absolute Gasteiger partial charge is 0.270 e. The summed E-state index contributed by atoms with van der Waals surface area (Å²) >= 11 is 0. The van der Waals surface area contributed by atoms with Gasteiger partial charge in [-0.25, -0.2) is 4.98 Å². The van der Waals surface area contributed by atoms with Gasteiger partial charge in [-0.2, -0.15) is 0 Å². The molecule has 5 nitrogen and oxygen atoms in total. The van der Waals surface area contributed by atoms with E-state index in [1.165, 1.54) is 0 Å². The maximum atomic E-state index is 12.4. The van der Waals surface area contributed by atoms with Crippen molar-refractivity contribution < 1.29 is 4.79 Å². The van der Waals surface area contributed by atoms with E-state index in [2.05, 4.69) is 34.1 Å². The second-order valence-electron chi connectivity index (χ2n) is 6.01. The lowest BCUT2D eigenvalue weighted by molar-refractivity contribution is 0.0925. The molecule has 5 heteroatoms. The topological polar surface area (TPSA) is 70.7 Å². The van der Waals surface area contributed by atoms with E-state index < -0.39 is 0 Å². The lowest BCUT2D eigenvalue weighted by atomic mass is 10.0.